The zero-order chi connectivity index (χ0) is 16.4. The Balaban J connectivity index is 2.16. The van der Waals surface area contributed by atoms with Gasteiger partial charge < -0.3 is 5.32 Å². The van der Waals surface area contributed by atoms with Gasteiger partial charge in [0.25, 0.3) is 0 Å². The van der Waals surface area contributed by atoms with Crippen molar-refractivity contribution in [1.82, 2.24) is 4.98 Å². The van der Waals surface area contributed by atoms with E-state index in [1.165, 1.54) is 4.88 Å². The predicted molar refractivity (Wildman–Crippen MR) is 96.7 cm³/mol. The van der Waals surface area contributed by atoms with Crippen LogP contribution in [-0.4, -0.2) is 21.7 Å². The number of aromatic nitrogens is 1. The van der Waals surface area contributed by atoms with Gasteiger partial charge in [-0.2, -0.15) is 4.36 Å². The van der Waals surface area contributed by atoms with Gasteiger partial charge in [0.1, 0.15) is 0 Å². The third-order valence-electron chi connectivity index (χ3n) is 2.87. The average molecular weight is 338 g/mol. The van der Waals surface area contributed by atoms with Crippen LogP contribution < -0.4 is 5.32 Å². The molecule has 4 nitrogen and oxygen atoms in total. The molecule has 0 radical (unpaired) electrons. The van der Waals surface area contributed by atoms with Crippen molar-refractivity contribution < 1.29 is 4.21 Å². The van der Waals surface area contributed by atoms with E-state index in [1.807, 2.05) is 30.5 Å². The summed E-state index contributed by atoms with van der Waals surface area (Å²) >= 11 is 1.72. The number of anilines is 1. The minimum atomic E-state index is -2.17. The summed E-state index contributed by atoms with van der Waals surface area (Å²) in [5, 5.41) is 4.50. The number of thiazole rings is 1. The Morgan fingerprint density at radius 2 is 1.95 bits per heavy atom. The van der Waals surface area contributed by atoms with Crippen molar-refractivity contribution in [2.24, 2.45) is 4.36 Å². The highest BCUT2D eigenvalue weighted by molar-refractivity contribution is 7.92. The maximum atomic E-state index is 11.9. The number of para-hydroxylation sites is 1. The summed E-state index contributed by atoms with van der Waals surface area (Å²) in [5.74, 6) is 0. The number of nitrogens with one attached hydrogen (secondary N) is 1. The van der Waals surface area contributed by atoms with Crippen molar-refractivity contribution in [2.75, 3.05) is 17.8 Å². The standard InChI is InChI=1S/C16H23N3OS2/c1-16(2,3)15-18-11-12(21-15)10-17-13-8-6-7-9-14(13)19-22(4,5)20/h6-9,11,17H,10H2,1-5H3. The fourth-order valence-electron chi connectivity index (χ4n) is 1.86. The van der Waals surface area contributed by atoms with Crippen LogP contribution in [0.2, 0.25) is 0 Å². The van der Waals surface area contributed by atoms with Crippen LogP contribution in [0.1, 0.15) is 30.7 Å². The molecule has 0 saturated heterocycles. The summed E-state index contributed by atoms with van der Waals surface area (Å²) in [6, 6.07) is 7.68. The molecule has 0 bridgehead atoms. The molecule has 0 fully saturated rings. The van der Waals surface area contributed by atoms with Crippen molar-refractivity contribution >= 4 is 32.4 Å². The van der Waals surface area contributed by atoms with Gasteiger partial charge in [-0.1, -0.05) is 32.9 Å². The quantitative estimate of drug-likeness (QED) is 0.899. The number of benzene rings is 1. The Bertz CT molecular complexity index is 758. The van der Waals surface area contributed by atoms with Crippen LogP contribution in [0.25, 0.3) is 0 Å². The van der Waals surface area contributed by atoms with Gasteiger partial charge in [0.2, 0.25) is 0 Å². The summed E-state index contributed by atoms with van der Waals surface area (Å²) in [7, 11) is -2.17. The van der Waals surface area contributed by atoms with Crippen LogP contribution in [0.5, 0.6) is 0 Å². The Hall–Kier alpha value is -1.40. The molecule has 0 spiro atoms. The van der Waals surface area contributed by atoms with Crippen molar-refractivity contribution in [2.45, 2.75) is 32.7 Å². The van der Waals surface area contributed by atoms with Crippen LogP contribution in [0.15, 0.2) is 34.8 Å². The third-order valence-corrected chi connectivity index (χ3v) is 4.93. The van der Waals surface area contributed by atoms with Gasteiger partial charge in [0, 0.05) is 38.7 Å². The molecule has 1 N–H and O–H groups in total. The first kappa shape index (κ1) is 17.0. The monoisotopic (exact) mass is 337 g/mol. The smallest absolute Gasteiger partial charge is 0.0981 e. The Kier molecular flexibility index (Phi) is 4.92. The molecule has 2 rings (SSSR count). The van der Waals surface area contributed by atoms with E-state index in [-0.39, 0.29) is 5.41 Å². The molecule has 120 valence electrons. The molecule has 0 aliphatic heterocycles. The van der Waals surface area contributed by atoms with E-state index < -0.39 is 9.73 Å². The molecule has 1 aromatic carbocycles. The number of rotatable bonds is 4. The van der Waals surface area contributed by atoms with Gasteiger partial charge in [-0.25, -0.2) is 9.19 Å². The Labute approximate surface area is 137 Å². The fourth-order valence-corrected chi connectivity index (χ4v) is 3.40. The first-order valence-corrected chi connectivity index (χ1v) is 10.3. The highest BCUT2D eigenvalue weighted by atomic mass is 32.2. The molecule has 0 aliphatic rings. The van der Waals surface area contributed by atoms with Crippen LogP contribution >= 0.6 is 11.3 Å². The van der Waals surface area contributed by atoms with Gasteiger partial charge in [-0.05, 0) is 12.1 Å². The van der Waals surface area contributed by atoms with E-state index in [0.29, 0.717) is 6.54 Å². The lowest BCUT2D eigenvalue weighted by atomic mass is 9.98. The van der Waals surface area contributed by atoms with Gasteiger partial charge in [-0.3, -0.25) is 0 Å². The van der Waals surface area contributed by atoms with Crippen LogP contribution in [0.4, 0.5) is 11.4 Å². The van der Waals surface area contributed by atoms with Crippen molar-refractivity contribution in [3.05, 3.63) is 40.3 Å². The summed E-state index contributed by atoms with van der Waals surface area (Å²) in [5.41, 5.74) is 1.70. The van der Waals surface area contributed by atoms with E-state index in [2.05, 4.69) is 35.4 Å². The van der Waals surface area contributed by atoms with Gasteiger partial charge in [0.05, 0.1) is 22.9 Å². The van der Waals surface area contributed by atoms with Gasteiger partial charge in [0.15, 0.2) is 0 Å². The highest BCUT2D eigenvalue weighted by Gasteiger charge is 2.17. The van der Waals surface area contributed by atoms with Crippen LogP contribution in [-0.2, 0) is 21.7 Å². The number of nitrogens with zero attached hydrogens (tertiary/aromatic N) is 2. The van der Waals surface area contributed by atoms with Gasteiger partial charge >= 0.3 is 0 Å². The van der Waals surface area contributed by atoms with E-state index in [4.69, 9.17) is 0 Å². The maximum absolute atomic E-state index is 11.9. The minimum Gasteiger partial charge on any atom is -0.378 e. The van der Waals surface area contributed by atoms with Crippen LogP contribution in [0.3, 0.4) is 0 Å². The molecule has 1 heterocycles. The molecule has 0 aliphatic carbocycles. The SMILES string of the molecule is CC(C)(C)c1ncc(CNc2ccccc2N=S(C)(C)=O)s1. The predicted octanol–water partition coefficient (Wildman–Crippen LogP) is 4.41. The summed E-state index contributed by atoms with van der Waals surface area (Å²) in [6.07, 6.45) is 5.20. The molecule has 0 atom stereocenters. The van der Waals surface area contributed by atoms with Gasteiger partial charge in [-0.15, -0.1) is 11.3 Å². The topological polar surface area (TPSA) is 54.4 Å². The average Bonchev–Trinajstić information content (AvgIpc) is 2.84. The zero-order valence-corrected chi connectivity index (χ0v) is 15.3. The Morgan fingerprint density at radius 3 is 2.55 bits per heavy atom. The summed E-state index contributed by atoms with van der Waals surface area (Å²) in [4.78, 5) is 5.67. The second-order valence-electron chi connectivity index (χ2n) is 6.52. The van der Waals surface area contributed by atoms with Crippen molar-refractivity contribution in [3.63, 3.8) is 0 Å². The molecule has 0 amide bonds. The van der Waals surface area contributed by atoms with E-state index in [0.717, 1.165) is 16.4 Å². The lowest BCUT2D eigenvalue weighted by molar-refractivity contribution is 0.585. The molecular formula is C16H23N3OS2. The Morgan fingerprint density at radius 1 is 1.27 bits per heavy atom. The zero-order valence-electron chi connectivity index (χ0n) is 13.7. The van der Waals surface area contributed by atoms with E-state index in [1.54, 1.807) is 23.8 Å². The van der Waals surface area contributed by atoms with Crippen LogP contribution in [0, 0.1) is 0 Å². The first-order valence-electron chi connectivity index (χ1n) is 7.10. The molecular weight excluding hydrogens is 314 g/mol. The molecule has 6 heteroatoms. The third kappa shape index (κ3) is 4.81. The van der Waals surface area contributed by atoms with Crippen molar-refractivity contribution in [1.29, 1.82) is 0 Å². The molecule has 0 saturated carbocycles. The first-order chi connectivity index (χ1) is 10.1. The van der Waals surface area contributed by atoms with Crippen molar-refractivity contribution in [3.8, 4) is 0 Å². The van der Waals surface area contributed by atoms with E-state index in [9.17, 15) is 4.21 Å². The number of hydrogen-bond acceptors (Lipinski definition) is 5. The lowest BCUT2D eigenvalue weighted by Gasteiger charge is -2.13. The lowest BCUT2D eigenvalue weighted by Crippen LogP contribution is -2.09. The molecule has 1 aromatic heterocycles. The summed E-state index contributed by atoms with van der Waals surface area (Å²) < 4.78 is 16.2. The van der Waals surface area contributed by atoms with E-state index >= 15 is 0 Å². The fraction of sp³-hybridized carbons (Fsp3) is 0.438. The summed E-state index contributed by atoms with van der Waals surface area (Å²) in [6.45, 7) is 7.18. The normalized spacial score (nSPS) is 12.2. The number of hydrogen-bond donors (Lipinski definition) is 1. The highest BCUT2D eigenvalue weighted by Crippen LogP contribution is 2.29. The minimum absolute atomic E-state index is 0.0755. The molecule has 22 heavy (non-hydrogen) atoms. The largest absolute Gasteiger partial charge is 0.378 e. The molecule has 2 aromatic rings. The second-order valence-corrected chi connectivity index (χ2v) is 10.2. The maximum Gasteiger partial charge on any atom is 0.0981 e. The molecule has 0 unspecified atom stereocenters. The second kappa shape index (κ2) is 6.38.